The highest BCUT2D eigenvalue weighted by Gasteiger charge is 2.35. The number of pyridine rings is 1. The van der Waals surface area contributed by atoms with E-state index in [-0.39, 0.29) is 22.2 Å². The van der Waals surface area contributed by atoms with E-state index in [1.807, 2.05) is 12.1 Å². The van der Waals surface area contributed by atoms with Gasteiger partial charge in [-0.15, -0.1) is 0 Å². The first-order valence-corrected chi connectivity index (χ1v) is 9.20. The van der Waals surface area contributed by atoms with Crippen LogP contribution in [0.4, 0.5) is 5.82 Å². The van der Waals surface area contributed by atoms with Gasteiger partial charge in [-0.3, -0.25) is 4.79 Å². The van der Waals surface area contributed by atoms with E-state index in [0.717, 1.165) is 17.3 Å². The van der Waals surface area contributed by atoms with E-state index in [4.69, 9.17) is 22.1 Å². The summed E-state index contributed by atoms with van der Waals surface area (Å²) >= 11 is 9.42. The number of ether oxygens (including phenoxy) is 1. The SMILES string of the molecule is Nc1ncc(C(=O)NCC2(c3ccc(Br)cc3)CCOCC2)cc1Cl. The number of hydrogen-bond acceptors (Lipinski definition) is 4. The minimum atomic E-state index is -0.211. The zero-order chi connectivity index (χ0) is 17.9. The zero-order valence-corrected chi connectivity index (χ0v) is 15.9. The van der Waals surface area contributed by atoms with E-state index in [0.29, 0.717) is 25.3 Å². The number of rotatable bonds is 4. The number of nitrogens with one attached hydrogen (secondary N) is 1. The molecule has 1 aliphatic rings. The molecule has 7 heteroatoms. The molecule has 132 valence electrons. The second-order valence-electron chi connectivity index (χ2n) is 6.17. The van der Waals surface area contributed by atoms with Gasteiger partial charge in [0, 0.05) is 35.8 Å². The van der Waals surface area contributed by atoms with Gasteiger partial charge in [0.05, 0.1) is 10.6 Å². The fraction of sp³-hybridized carbons (Fsp3) is 0.333. The predicted octanol–water partition coefficient (Wildman–Crippen LogP) is 3.56. The Hall–Kier alpha value is -1.63. The maximum absolute atomic E-state index is 12.5. The van der Waals surface area contributed by atoms with Gasteiger partial charge in [0.2, 0.25) is 0 Å². The summed E-state index contributed by atoms with van der Waals surface area (Å²) in [5.74, 6) is 0.00589. The van der Waals surface area contributed by atoms with Gasteiger partial charge in [-0.25, -0.2) is 4.98 Å². The molecule has 0 unspecified atom stereocenters. The van der Waals surface area contributed by atoms with Crippen LogP contribution in [0.5, 0.6) is 0 Å². The summed E-state index contributed by atoms with van der Waals surface area (Å²) in [6, 6.07) is 9.79. The molecule has 1 fully saturated rings. The van der Waals surface area contributed by atoms with Crippen molar-refractivity contribution >= 4 is 39.3 Å². The Balaban J connectivity index is 1.77. The van der Waals surface area contributed by atoms with Crippen LogP contribution in [-0.4, -0.2) is 30.6 Å². The molecule has 2 heterocycles. The Bertz CT molecular complexity index is 761. The smallest absolute Gasteiger partial charge is 0.252 e. The van der Waals surface area contributed by atoms with Crippen molar-refractivity contribution in [3.8, 4) is 0 Å². The normalized spacial score (nSPS) is 16.4. The van der Waals surface area contributed by atoms with Gasteiger partial charge in [0.1, 0.15) is 5.82 Å². The average Bonchev–Trinajstić information content (AvgIpc) is 2.63. The molecule has 0 bridgehead atoms. The first kappa shape index (κ1) is 18.2. The highest BCUT2D eigenvalue weighted by atomic mass is 79.9. The van der Waals surface area contributed by atoms with Crippen LogP contribution >= 0.6 is 27.5 Å². The number of nitrogen functional groups attached to an aromatic ring is 1. The van der Waals surface area contributed by atoms with Crippen molar-refractivity contribution < 1.29 is 9.53 Å². The number of carbonyl (C=O) groups excluding carboxylic acids is 1. The van der Waals surface area contributed by atoms with Crippen molar-refractivity contribution in [1.82, 2.24) is 10.3 Å². The number of halogens is 2. The number of carbonyl (C=O) groups is 1. The topological polar surface area (TPSA) is 77.2 Å². The van der Waals surface area contributed by atoms with Crippen LogP contribution in [0.1, 0.15) is 28.8 Å². The van der Waals surface area contributed by atoms with Gasteiger partial charge in [-0.1, -0.05) is 39.7 Å². The second-order valence-corrected chi connectivity index (χ2v) is 7.50. The van der Waals surface area contributed by atoms with Gasteiger partial charge in [-0.05, 0) is 36.6 Å². The lowest BCUT2D eigenvalue weighted by Crippen LogP contribution is -2.44. The van der Waals surface area contributed by atoms with E-state index in [2.05, 4.69) is 38.4 Å². The van der Waals surface area contributed by atoms with Gasteiger partial charge >= 0.3 is 0 Å². The van der Waals surface area contributed by atoms with Crippen molar-refractivity contribution in [1.29, 1.82) is 0 Å². The van der Waals surface area contributed by atoms with Crippen molar-refractivity contribution in [3.63, 3.8) is 0 Å². The Morgan fingerprint density at radius 2 is 2.00 bits per heavy atom. The lowest BCUT2D eigenvalue weighted by molar-refractivity contribution is 0.0487. The molecule has 5 nitrogen and oxygen atoms in total. The van der Waals surface area contributed by atoms with Gasteiger partial charge < -0.3 is 15.8 Å². The number of nitrogens with two attached hydrogens (primary N) is 1. The molecule has 1 aromatic carbocycles. The lowest BCUT2D eigenvalue weighted by Gasteiger charge is -2.38. The monoisotopic (exact) mass is 423 g/mol. The third kappa shape index (κ3) is 4.14. The number of aromatic nitrogens is 1. The van der Waals surface area contributed by atoms with E-state index in [1.165, 1.54) is 17.8 Å². The summed E-state index contributed by atoms with van der Waals surface area (Å²) < 4.78 is 6.56. The molecule has 3 N–H and O–H groups in total. The highest BCUT2D eigenvalue weighted by molar-refractivity contribution is 9.10. The predicted molar refractivity (Wildman–Crippen MR) is 102 cm³/mol. The van der Waals surface area contributed by atoms with Crippen LogP contribution in [-0.2, 0) is 10.2 Å². The Morgan fingerprint density at radius 1 is 1.32 bits per heavy atom. The zero-order valence-electron chi connectivity index (χ0n) is 13.6. The lowest BCUT2D eigenvalue weighted by atomic mass is 9.74. The summed E-state index contributed by atoms with van der Waals surface area (Å²) in [7, 11) is 0. The molecule has 0 aliphatic carbocycles. The average molecular weight is 425 g/mol. The van der Waals surface area contributed by atoms with Gasteiger partial charge in [0.25, 0.3) is 5.91 Å². The number of anilines is 1. The molecule has 0 spiro atoms. The van der Waals surface area contributed by atoms with Crippen LogP contribution in [0.2, 0.25) is 5.02 Å². The van der Waals surface area contributed by atoms with Crippen LogP contribution in [0.15, 0.2) is 41.0 Å². The summed E-state index contributed by atoms with van der Waals surface area (Å²) in [5, 5.41) is 3.30. The molecule has 25 heavy (non-hydrogen) atoms. The molecule has 1 saturated heterocycles. The minimum absolute atomic E-state index is 0.139. The molecule has 1 amide bonds. The molecule has 1 aliphatic heterocycles. The number of amides is 1. The maximum atomic E-state index is 12.5. The van der Waals surface area contributed by atoms with E-state index < -0.39 is 0 Å². The summed E-state index contributed by atoms with van der Waals surface area (Å²) in [6.45, 7) is 1.89. The largest absolute Gasteiger partial charge is 0.382 e. The molecule has 1 aromatic heterocycles. The standard InChI is InChI=1S/C18H19BrClN3O2/c19-14-3-1-13(2-4-14)18(5-7-25-8-6-18)11-23-17(24)12-9-15(20)16(21)22-10-12/h1-4,9-10H,5-8,11H2,(H2,21,22)(H,23,24). The second kappa shape index (κ2) is 7.72. The van der Waals surface area contributed by atoms with Crippen molar-refractivity contribution in [2.45, 2.75) is 18.3 Å². The number of hydrogen-bond donors (Lipinski definition) is 2. The van der Waals surface area contributed by atoms with Crippen molar-refractivity contribution in [2.75, 3.05) is 25.5 Å². The van der Waals surface area contributed by atoms with Crippen LogP contribution in [0.25, 0.3) is 0 Å². The molecular weight excluding hydrogens is 406 g/mol. The molecule has 2 aromatic rings. The molecular formula is C18H19BrClN3O2. The first-order chi connectivity index (χ1) is 12.0. The Kier molecular flexibility index (Phi) is 5.61. The Morgan fingerprint density at radius 3 is 2.64 bits per heavy atom. The maximum Gasteiger partial charge on any atom is 0.252 e. The molecule has 0 saturated carbocycles. The van der Waals surface area contributed by atoms with E-state index in [9.17, 15) is 4.79 Å². The number of benzene rings is 1. The summed E-state index contributed by atoms with van der Waals surface area (Å²) in [4.78, 5) is 16.4. The van der Waals surface area contributed by atoms with E-state index in [1.54, 1.807) is 0 Å². The minimum Gasteiger partial charge on any atom is -0.382 e. The van der Waals surface area contributed by atoms with E-state index >= 15 is 0 Å². The summed E-state index contributed by atoms with van der Waals surface area (Å²) in [6.07, 6.45) is 3.15. The molecule has 0 radical (unpaired) electrons. The quantitative estimate of drug-likeness (QED) is 0.787. The third-order valence-electron chi connectivity index (χ3n) is 4.63. The van der Waals surface area contributed by atoms with Crippen LogP contribution < -0.4 is 11.1 Å². The first-order valence-electron chi connectivity index (χ1n) is 8.03. The van der Waals surface area contributed by atoms with Crippen LogP contribution in [0.3, 0.4) is 0 Å². The fourth-order valence-electron chi connectivity index (χ4n) is 3.06. The van der Waals surface area contributed by atoms with Gasteiger partial charge in [-0.2, -0.15) is 0 Å². The molecule has 0 atom stereocenters. The summed E-state index contributed by atoms with van der Waals surface area (Å²) in [5.41, 5.74) is 7.06. The third-order valence-corrected chi connectivity index (χ3v) is 5.46. The van der Waals surface area contributed by atoms with Crippen molar-refractivity contribution in [3.05, 3.63) is 57.2 Å². The molecule has 3 rings (SSSR count). The number of nitrogens with zero attached hydrogens (tertiary/aromatic N) is 1. The fourth-order valence-corrected chi connectivity index (χ4v) is 3.49. The van der Waals surface area contributed by atoms with Crippen LogP contribution in [0, 0.1) is 0 Å². The Labute approximate surface area is 160 Å². The highest BCUT2D eigenvalue weighted by Crippen LogP contribution is 2.35. The van der Waals surface area contributed by atoms with Gasteiger partial charge in [0.15, 0.2) is 0 Å². The van der Waals surface area contributed by atoms with Crippen molar-refractivity contribution in [2.24, 2.45) is 0 Å².